The molecule has 0 saturated carbocycles. The van der Waals surface area contributed by atoms with Crippen LogP contribution in [0.25, 0.3) is 16.7 Å². The number of hydrogen-bond donors (Lipinski definition) is 3. The molecule has 0 atom stereocenters. The van der Waals surface area contributed by atoms with Gasteiger partial charge in [-0.05, 0) is 35.4 Å². The molecule has 0 saturated heterocycles. The van der Waals surface area contributed by atoms with E-state index in [0.29, 0.717) is 11.9 Å². The maximum absolute atomic E-state index is 12.9. The molecule has 0 amide bonds. The third-order valence-electron chi connectivity index (χ3n) is 6.36. The van der Waals surface area contributed by atoms with Gasteiger partial charge in [-0.1, -0.05) is 49.2 Å². The Morgan fingerprint density at radius 3 is 2.64 bits per heavy atom. The number of hydrogen-bond acceptors (Lipinski definition) is 8. The zero-order valence-corrected chi connectivity index (χ0v) is 21.3. The van der Waals surface area contributed by atoms with Crippen LogP contribution in [0.15, 0.2) is 47.4 Å². The Kier molecular flexibility index (Phi) is 6.34. The minimum atomic E-state index is -0.653. The minimum Gasteiger partial charge on any atom is -0.395 e. The molecule has 0 bridgehead atoms. The number of β-amino-alcohol motifs (C(OH)–C–C–N with tert-alkyl or cyclic N) is 1. The van der Waals surface area contributed by atoms with Crippen LogP contribution in [-0.2, 0) is 12.0 Å². The van der Waals surface area contributed by atoms with E-state index >= 15 is 0 Å². The van der Waals surface area contributed by atoms with Gasteiger partial charge in [-0.3, -0.25) is 4.90 Å². The highest BCUT2D eigenvalue weighted by Gasteiger charge is 2.31. The zero-order chi connectivity index (χ0) is 25.6. The second-order valence-corrected chi connectivity index (χ2v) is 10.2. The highest BCUT2D eigenvalue weighted by Crippen LogP contribution is 2.35. The van der Waals surface area contributed by atoms with Gasteiger partial charge in [0.1, 0.15) is 5.82 Å². The minimum absolute atomic E-state index is 0.0351. The fourth-order valence-corrected chi connectivity index (χ4v) is 5.38. The topological polar surface area (TPSA) is 122 Å². The van der Waals surface area contributed by atoms with Gasteiger partial charge < -0.3 is 16.2 Å². The number of aliphatic hydroxyl groups excluding tert-OH is 1. The van der Waals surface area contributed by atoms with Crippen LogP contribution in [0.3, 0.4) is 0 Å². The lowest BCUT2D eigenvalue weighted by Gasteiger charge is -2.40. The third-order valence-corrected chi connectivity index (χ3v) is 6.97. The molecule has 2 aromatic heterocycles. The van der Waals surface area contributed by atoms with Crippen molar-refractivity contribution in [2.75, 3.05) is 30.7 Å². The Balaban J connectivity index is 1.50. The molecule has 5 rings (SSSR count). The summed E-state index contributed by atoms with van der Waals surface area (Å²) in [6.45, 7) is 6.77. The number of aliphatic hydroxyl groups is 1. The lowest BCUT2D eigenvalue weighted by atomic mass is 9.78. The summed E-state index contributed by atoms with van der Waals surface area (Å²) in [5.41, 5.74) is 9.29. The first kappa shape index (κ1) is 24.5. The number of nitrogens with zero attached hydrogens (tertiary/aromatic N) is 5. The quantitative estimate of drug-likeness (QED) is 0.358. The van der Waals surface area contributed by atoms with E-state index in [-0.39, 0.29) is 45.2 Å². The van der Waals surface area contributed by atoms with Crippen molar-refractivity contribution in [2.24, 2.45) is 0 Å². The number of nitrogens with one attached hydrogen (secondary N) is 1. The molecule has 0 radical (unpaired) electrons. The molecule has 186 valence electrons. The summed E-state index contributed by atoms with van der Waals surface area (Å²) in [7, 11) is 0. The van der Waals surface area contributed by atoms with Crippen molar-refractivity contribution in [2.45, 2.75) is 25.8 Å². The molecule has 9 nitrogen and oxygen atoms in total. The van der Waals surface area contributed by atoms with Crippen LogP contribution in [0, 0.1) is 0 Å². The van der Waals surface area contributed by atoms with Crippen LogP contribution in [0.5, 0.6) is 0 Å². The first-order valence-electron chi connectivity index (χ1n) is 11.4. The number of halogens is 2. The fourth-order valence-electron chi connectivity index (χ4n) is 4.81. The second-order valence-electron chi connectivity index (χ2n) is 9.43. The number of fused-ring (bicyclic) bond motifs is 2. The summed E-state index contributed by atoms with van der Waals surface area (Å²) in [5, 5.41) is 13.5. The summed E-state index contributed by atoms with van der Waals surface area (Å²) in [6.07, 6.45) is 1.51. The summed E-state index contributed by atoms with van der Waals surface area (Å²) in [6, 6.07) is 11.1. The third kappa shape index (κ3) is 4.39. The summed E-state index contributed by atoms with van der Waals surface area (Å²) in [5.74, 6) is 0.371. The number of nitrogens with two attached hydrogens (primary N) is 1. The molecular formula is C25H25Cl2N7O2. The highest BCUT2D eigenvalue weighted by atomic mass is 35.5. The van der Waals surface area contributed by atoms with Gasteiger partial charge in [0, 0.05) is 36.9 Å². The van der Waals surface area contributed by atoms with Crippen LogP contribution >= 0.6 is 23.2 Å². The Morgan fingerprint density at radius 1 is 1.17 bits per heavy atom. The van der Waals surface area contributed by atoms with Gasteiger partial charge in [-0.25, -0.2) is 14.3 Å². The molecule has 0 fully saturated rings. The van der Waals surface area contributed by atoms with Crippen molar-refractivity contribution in [1.82, 2.24) is 24.4 Å². The molecule has 11 heteroatoms. The second kappa shape index (κ2) is 9.33. The Morgan fingerprint density at radius 2 is 1.92 bits per heavy atom. The lowest BCUT2D eigenvalue weighted by molar-refractivity contribution is 0.151. The molecular weight excluding hydrogens is 501 g/mol. The van der Waals surface area contributed by atoms with Crippen molar-refractivity contribution < 1.29 is 5.11 Å². The maximum atomic E-state index is 12.9. The Labute approximate surface area is 217 Å². The van der Waals surface area contributed by atoms with Gasteiger partial charge in [0.25, 0.3) is 0 Å². The zero-order valence-electron chi connectivity index (χ0n) is 19.8. The Bertz CT molecular complexity index is 1520. The van der Waals surface area contributed by atoms with E-state index in [0.717, 1.165) is 23.3 Å². The number of rotatable bonds is 5. The number of benzene rings is 2. The molecule has 3 heterocycles. The van der Waals surface area contributed by atoms with E-state index < -0.39 is 5.69 Å². The van der Waals surface area contributed by atoms with E-state index in [4.69, 9.17) is 28.9 Å². The van der Waals surface area contributed by atoms with Crippen molar-refractivity contribution in [1.29, 1.82) is 0 Å². The standard InChI is InChI=1S/C25H25Cl2N7O2/c1-25(2)13-33(8-9-35)12-14-10-15(6-7-17(14)25)30-23-29-11-16-21(28)34(24(36)32-22(16)31-23)20-18(26)4-3-5-19(20)27/h3-7,10-11,35H,8-9,12-13,28H2,1-2H3,(H,30,31,32,36). The summed E-state index contributed by atoms with van der Waals surface area (Å²) < 4.78 is 1.16. The maximum Gasteiger partial charge on any atom is 0.355 e. The molecule has 0 unspecified atom stereocenters. The molecule has 0 aliphatic carbocycles. The lowest BCUT2D eigenvalue weighted by Crippen LogP contribution is -2.43. The largest absolute Gasteiger partial charge is 0.395 e. The number of nitrogen functional groups attached to an aromatic ring is 1. The van der Waals surface area contributed by atoms with Crippen LogP contribution in [0.2, 0.25) is 10.0 Å². The predicted octanol–water partition coefficient (Wildman–Crippen LogP) is 3.89. The molecule has 36 heavy (non-hydrogen) atoms. The van der Waals surface area contributed by atoms with E-state index in [2.05, 4.69) is 51.1 Å². The molecule has 1 aliphatic heterocycles. The van der Waals surface area contributed by atoms with Crippen molar-refractivity contribution in [3.05, 3.63) is 74.3 Å². The first-order valence-corrected chi connectivity index (χ1v) is 12.2. The number of anilines is 3. The summed E-state index contributed by atoms with van der Waals surface area (Å²) in [4.78, 5) is 28.0. The van der Waals surface area contributed by atoms with Crippen molar-refractivity contribution in [3.63, 3.8) is 0 Å². The van der Waals surface area contributed by atoms with E-state index in [9.17, 15) is 9.90 Å². The average Bonchev–Trinajstić information content (AvgIpc) is 2.80. The van der Waals surface area contributed by atoms with Crippen LogP contribution in [-0.4, -0.2) is 49.2 Å². The highest BCUT2D eigenvalue weighted by molar-refractivity contribution is 6.37. The Hall–Kier alpha value is -3.24. The van der Waals surface area contributed by atoms with E-state index in [1.807, 2.05) is 6.07 Å². The van der Waals surface area contributed by atoms with E-state index in [1.54, 1.807) is 18.2 Å². The van der Waals surface area contributed by atoms with Crippen LogP contribution in [0.1, 0.15) is 25.0 Å². The summed E-state index contributed by atoms with van der Waals surface area (Å²) >= 11 is 12.6. The predicted molar refractivity (Wildman–Crippen MR) is 142 cm³/mol. The number of aromatic nitrogens is 4. The van der Waals surface area contributed by atoms with Crippen molar-refractivity contribution >= 4 is 51.7 Å². The monoisotopic (exact) mass is 525 g/mol. The van der Waals surface area contributed by atoms with E-state index in [1.165, 1.54) is 17.3 Å². The molecule has 4 N–H and O–H groups in total. The smallest absolute Gasteiger partial charge is 0.355 e. The van der Waals surface area contributed by atoms with Crippen LogP contribution in [0.4, 0.5) is 17.5 Å². The number of para-hydroxylation sites is 1. The molecule has 4 aromatic rings. The van der Waals surface area contributed by atoms with Gasteiger partial charge in [-0.2, -0.15) is 9.97 Å². The fraction of sp³-hybridized carbons (Fsp3) is 0.280. The normalized spacial score (nSPS) is 15.1. The van der Waals surface area contributed by atoms with Crippen LogP contribution < -0.4 is 16.7 Å². The first-order chi connectivity index (χ1) is 17.2. The molecule has 0 spiro atoms. The van der Waals surface area contributed by atoms with Gasteiger partial charge in [-0.15, -0.1) is 0 Å². The molecule has 2 aromatic carbocycles. The van der Waals surface area contributed by atoms with Gasteiger partial charge in [0.15, 0.2) is 5.65 Å². The molecule has 1 aliphatic rings. The van der Waals surface area contributed by atoms with Gasteiger partial charge in [0.2, 0.25) is 5.95 Å². The average molecular weight is 526 g/mol. The van der Waals surface area contributed by atoms with Gasteiger partial charge >= 0.3 is 5.69 Å². The van der Waals surface area contributed by atoms with Gasteiger partial charge in [0.05, 0.1) is 27.7 Å². The van der Waals surface area contributed by atoms with Crippen molar-refractivity contribution in [3.8, 4) is 5.69 Å². The SMILES string of the molecule is CC1(C)CN(CCO)Cc2cc(Nc3ncc4c(N)n(-c5c(Cl)cccc5Cl)c(=O)nc4n3)ccc21.